The lowest BCUT2D eigenvalue weighted by molar-refractivity contribution is -0.00988. The largest absolute Gasteiger partial charge is 0.444 e. The second-order valence-electron chi connectivity index (χ2n) is 7.08. The number of nitrogens with two attached hydrogens (primary N) is 1. The molecule has 21 heavy (non-hydrogen) atoms. The van der Waals surface area contributed by atoms with E-state index in [1.165, 1.54) is 0 Å². The van der Waals surface area contributed by atoms with Crippen molar-refractivity contribution in [2.75, 3.05) is 26.2 Å². The number of fused-ring (bicyclic) bond motifs is 1. The average molecular weight is 296 g/mol. The highest BCUT2D eigenvalue weighted by molar-refractivity contribution is 5.87. The Morgan fingerprint density at radius 2 is 2.10 bits per heavy atom. The molecular weight excluding hydrogens is 272 g/mol. The van der Waals surface area contributed by atoms with Gasteiger partial charge in [-0.2, -0.15) is 0 Å². The van der Waals surface area contributed by atoms with Crippen molar-refractivity contribution in [2.24, 2.45) is 16.8 Å². The number of nitrogens with zero attached hydrogens (tertiary/aromatic N) is 3. The van der Waals surface area contributed by atoms with E-state index in [0.29, 0.717) is 13.1 Å². The minimum absolute atomic E-state index is 0.0792. The lowest BCUT2D eigenvalue weighted by Crippen LogP contribution is -2.61. The maximum Gasteiger partial charge on any atom is 0.410 e. The molecule has 3 aliphatic heterocycles. The molecule has 3 rings (SSSR count). The van der Waals surface area contributed by atoms with Crippen LogP contribution in [0.15, 0.2) is 5.16 Å². The lowest BCUT2D eigenvalue weighted by atomic mass is 9.92. The number of oxime groups is 1. The number of carbonyl (C=O) groups is 1. The maximum atomic E-state index is 12.2. The van der Waals surface area contributed by atoms with Gasteiger partial charge >= 0.3 is 6.09 Å². The normalized spacial score (nSPS) is 29.4. The predicted octanol–water partition coefficient (Wildman–Crippen LogP) is 0.599. The molecule has 7 nitrogen and oxygen atoms in total. The molecule has 2 fully saturated rings. The molecule has 118 valence electrons. The summed E-state index contributed by atoms with van der Waals surface area (Å²) in [4.78, 5) is 21.6. The summed E-state index contributed by atoms with van der Waals surface area (Å²) in [6.07, 6.45) is 0.611. The molecule has 1 amide bonds. The molecule has 0 aromatic carbocycles. The van der Waals surface area contributed by atoms with Crippen molar-refractivity contribution >= 4 is 11.9 Å². The van der Waals surface area contributed by atoms with Crippen molar-refractivity contribution < 1.29 is 14.4 Å². The van der Waals surface area contributed by atoms with Crippen LogP contribution >= 0.6 is 0 Å². The Balaban J connectivity index is 1.62. The standard InChI is InChI=1S/C14H24N4O3/c1-14(2,3)20-13(19)17-5-4-11-10(8-17)12(16-21-11)18-6-9(15)7-18/h9-11H,4-8,15H2,1-3H3/t10-,11+/m0/s1. The van der Waals surface area contributed by atoms with Crippen molar-refractivity contribution in [3.05, 3.63) is 0 Å². The molecule has 2 saturated heterocycles. The minimum Gasteiger partial charge on any atom is -0.444 e. The van der Waals surface area contributed by atoms with E-state index >= 15 is 0 Å². The Hall–Kier alpha value is -1.50. The summed E-state index contributed by atoms with van der Waals surface area (Å²) >= 11 is 0. The van der Waals surface area contributed by atoms with Crippen molar-refractivity contribution in [1.82, 2.24) is 9.80 Å². The van der Waals surface area contributed by atoms with Gasteiger partial charge in [-0.1, -0.05) is 5.16 Å². The molecule has 0 aromatic heterocycles. The Morgan fingerprint density at radius 3 is 2.71 bits per heavy atom. The monoisotopic (exact) mass is 296 g/mol. The van der Waals surface area contributed by atoms with E-state index in [-0.39, 0.29) is 24.2 Å². The fourth-order valence-electron chi connectivity index (χ4n) is 2.98. The first-order valence-corrected chi connectivity index (χ1v) is 7.55. The second-order valence-corrected chi connectivity index (χ2v) is 7.08. The molecular formula is C14H24N4O3. The summed E-state index contributed by atoms with van der Waals surface area (Å²) in [5.74, 6) is 1.08. The summed E-state index contributed by atoms with van der Waals surface area (Å²) < 4.78 is 5.45. The molecule has 0 unspecified atom stereocenters. The molecule has 0 spiro atoms. The molecule has 2 atom stereocenters. The van der Waals surface area contributed by atoms with Gasteiger partial charge in [-0.25, -0.2) is 4.79 Å². The smallest absolute Gasteiger partial charge is 0.410 e. The van der Waals surface area contributed by atoms with E-state index in [0.717, 1.165) is 25.3 Å². The summed E-state index contributed by atoms with van der Waals surface area (Å²) in [6.45, 7) is 8.53. The van der Waals surface area contributed by atoms with Gasteiger partial charge in [0.05, 0.1) is 5.92 Å². The van der Waals surface area contributed by atoms with E-state index in [4.69, 9.17) is 15.3 Å². The van der Waals surface area contributed by atoms with Gasteiger partial charge in [0.15, 0.2) is 5.84 Å². The quantitative estimate of drug-likeness (QED) is 0.708. The van der Waals surface area contributed by atoms with Crippen LogP contribution in [0.4, 0.5) is 4.79 Å². The van der Waals surface area contributed by atoms with Crippen LogP contribution in [-0.2, 0) is 9.57 Å². The van der Waals surface area contributed by atoms with Crippen molar-refractivity contribution in [3.63, 3.8) is 0 Å². The SMILES string of the molecule is CC(C)(C)OC(=O)N1CC[C@H]2ON=C(N3CC(N)C3)[C@H]2C1. The van der Waals surface area contributed by atoms with Gasteiger partial charge in [-0.05, 0) is 20.8 Å². The van der Waals surface area contributed by atoms with Crippen LogP contribution in [0.2, 0.25) is 0 Å². The Kier molecular flexibility index (Phi) is 3.47. The third-order valence-electron chi connectivity index (χ3n) is 4.05. The predicted molar refractivity (Wildman–Crippen MR) is 77.8 cm³/mol. The van der Waals surface area contributed by atoms with E-state index in [1.807, 2.05) is 20.8 Å². The van der Waals surface area contributed by atoms with Gasteiger partial charge in [0.2, 0.25) is 0 Å². The van der Waals surface area contributed by atoms with E-state index in [9.17, 15) is 4.79 Å². The van der Waals surface area contributed by atoms with Crippen LogP contribution < -0.4 is 5.73 Å². The third kappa shape index (κ3) is 2.92. The molecule has 0 bridgehead atoms. The van der Waals surface area contributed by atoms with Gasteiger partial charge in [-0.15, -0.1) is 0 Å². The van der Waals surface area contributed by atoms with Gasteiger partial charge < -0.3 is 25.1 Å². The molecule has 3 aliphatic rings. The zero-order valence-electron chi connectivity index (χ0n) is 12.9. The lowest BCUT2D eigenvalue weighted by Gasteiger charge is -2.42. The van der Waals surface area contributed by atoms with Gasteiger partial charge in [0, 0.05) is 38.6 Å². The molecule has 2 N–H and O–H groups in total. The van der Waals surface area contributed by atoms with Gasteiger partial charge in [-0.3, -0.25) is 0 Å². The number of hydrogen-bond acceptors (Lipinski definition) is 6. The van der Waals surface area contributed by atoms with Crippen LogP contribution in [-0.4, -0.2) is 65.7 Å². The van der Waals surface area contributed by atoms with E-state index in [1.54, 1.807) is 4.90 Å². The average Bonchev–Trinajstić information content (AvgIpc) is 2.75. The van der Waals surface area contributed by atoms with Crippen LogP contribution in [0.25, 0.3) is 0 Å². The maximum absolute atomic E-state index is 12.2. The second kappa shape index (κ2) is 5.05. The Bertz CT molecular complexity index is 454. The highest BCUT2D eigenvalue weighted by Gasteiger charge is 2.45. The highest BCUT2D eigenvalue weighted by Crippen LogP contribution is 2.30. The van der Waals surface area contributed by atoms with Gasteiger partial charge in [0.25, 0.3) is 0 Å². The zero-order chi connectivity index (χ0) is 15.2. The van der Waals surface area contributed by atoms with Crippen LogP contribution in [0, 0.1) is 5.92 Å². The van der Waals surface area contributed by atoms with E-state index < -0.39 is 5.60 Å². The fourth-order valence-corrected chi connectivity index (χ4v) is 2.98. The highest BCUT2D eigenvalue weighted by atomic mass is 16.6. The summed E-state index contributed by atoms with van der Waals surface area (Å²) in [5, 5.41) is 4.21. The first-order valence-electron chi connectivity index (χ1n) is 7.55. The number of rotatable bonds is 0. The van der Waals surface area contributed by atoms with Crippen LogP contribution in [0.1, 0.15) is 27.2 Å². The summed E-state index contributed by atoms with van der Waals surface area (Å²) in [6, 6.07) is 0.220. The Morgan fingerprint density at radius 1 is 1.38 bits per heavy atom. The molecule has 0 radical (unpaired) electrons. The number of ether oxygens (including phenoxy) is 1. The summed E-state index contributed by atoms with van der Waals surface area (Å²) in [5.41, 5.74) is 5.36. The third-order valence-corrected chi connectivity index (χ3v) is 4.05. The topological polar surface area (TPSA) is 80.4 Å². The van der Waals surface area contributed by atoms with Gasteiger partial charge in [0.1, 0.15) is 11.7 Å². The summed E-state index contributed by atoms with van der Waals surface area (Å²) in [7, 11) is 0. The number of likely N-dealkylation sites (tertiary alicyclic amines) is 2. The Labute approximate surface area is 125 Å². The fraction of sp³-hybridized carbons (Fsp3) is 0.857. The molecule has 0 aromatic rings. The number of hydrogen-bond donors (Lipinski definition) is 1. The van der Waals surface area contributed by atoms with Crippen LogP contribution in [0.3, 0.4) is 0 Å². The molecule has 0 aliphatic carbocycles. The minimum atomic E-state index is -0.471. The first kappa shape index (κ1) is 14.4. The number of carbonyl (C=O) groups excluding carboxylic acids is 1. The number of amidine groups is 1. The number of amides is 1. The first-order chi connectivity index (χ1) is 9.83. The van der Waals surface area contributed by atoms with E-state index in [2.05, 4.69) is 10.1 Å². The molecule has 3 heterocycles. The van der Waals surface area contributed by atoms with Crippen LogP contribution in [0.5, 0.6) is 0 Å². The van der Waals surface area contributed by atoms with Crippen molar-refractivity contribution in [1.29, 1.82) is 0 Å². The molecule has 0 saturated carbocycles. The number of piperidine rings is 1. The molecule has 7 heteroatoms. The zero-order valence-corrected chi connectivity index (χ0v) is 12.9. The van der Waals surface area contributed by atoms with Crippen molar-refractivity contribution in [3.8, 4) is 0 Å². The van der Waals surface area contributed by atoms with Crippen molar-refractivity contribution in [2.45, 2.75) is 44.9 Å².